The second-order valence-corrected chi connectivity index (χ2v) is 6.90. The van der Waals surface area contributed by atoms with E-state index in [9.17, 15) is 0 Å². The van der Waals surface area contributed by atoms with Gasteiger partial charge in [-0.15, -0.1) is 10.2 Å². The van der Waals surface area contributed by atoms with E-state index in [4.69, 9.17) is 14.5 Å². The minimum Gasteiger partial charge on any atom is -0.454 e. The predicted octanol–water partition coefficient (Wildman–Crippen LogP) is 3.71. The summed E-state index contributed by atoms with van der Waals surface area (Å²) in [6.07, 6.45) is 1.76. The van der Waals surface area contributed by atoms with Gasteiger partial charge in [-0.25, -0.2) is 4.98 Å². The van der Waals surface area contributed by atoms with Crippen LogP contribution in [0.2, 0.25) is 0 Å². The van der Waals surface area contributed by atoms with Crippen molar-refractivity contribution in [3.05, 3.63) is 66.9 Å². The Hall–Kier alpha value is -4.53. The highest BCUT2D eigenvalue weighted by atomic mass is 16.7. The molecule has 0 aliphatic carbocycles. The Morgan fingerprint density at radius 1 is 0.839 bits per heavy atom. The maximum Gasteiger partial charge on any atom is 0.231 e. The van der Waals surface area contributed by atoms with Gasteiger partial charge in [0.2, 0.25) is 12.6 Å². The molecule has 0 fully saturated rings. The maximum atomic E-state index is 5.55. The Balaban J connectivity index is 1.45. The van der Waals surface area contributed by atoms with Crippen molar-refractivity contribution in [3.63, 3.8) is 0 Å². The van der Waals surface area contributed by atoms with E-state index in [2.05, 4.69) is 30.6 Å². The molecule has 2 N–H and O–H groups in total. The smallest absolute Gasteiger partial charge is 0.231 e. The Morgan fingerprint density at radius 3 is 2.48 bits per heavy atom. The second kappa shape index (κ2) is 7.06. The first-order valence-electron chi connectivity index (χ1n) is 9.61. The summed E-state index contributed by atoms with van der Waals surface area (Å²) in [6.45, 7) is 0.227. The number of rotatable bonds is 4. The van der Waals surface area contributed by atoms with Gasteiger partial charge in [0.05, 0.1) is 17.1 Å². The predicted molar refractivity (Wildman–Crippen MR) is 112 cm³/mol. The third kappa shape index (κ3) is 3.08. The molecule has 9 nitrogen and oxygen atoms in total. The number of nitrogens with one attached hydrogen (secondary N) is 2. The van der Waals surface area contributed by atoms with Gasteiger partial charge in [-0.3, -0.25) is 4.98 Å². The van der Waals surface area contributed by atoms with Crippen LogP contribution in [0.25, 0.3) is 45.4 Å². The lowest BCUT2D eigenvalue weighted by Gasteiger charge is -2.03. The van der Waals surface area contributed by atoms with Crippen LogP contribution in [0.1, 0.15) is 0 Å². The average Bonchev–Trinajstić information content (AvgIpc) is 3.60. The van der Waals surface area contributed by atoms with Gasteiger partial charge in [-0.1, -0.05) is 30.3 Å². The molecule has 0 radical (unpaired) electrons. The Bertz CT molecular complexity index is 1350. The van der Waals surface area contributed by atoms with Gasteiger partial charge in [0, 0.05) is 22.9 Å². The molecule has 0 bridgehead atoms. The van der Waals surface area contributed by atoms with E-state index in [0.29, 0.717) is 11.6 Å². The van der Waals surface area contributed by atoms with Gasteiger partial charge in [-0.2, -0.15) is 5.21 Å². The summed E-state index contributed by atoms with van der Waals surface area (Å²) in [5.74, 6) is 2.71. The number of nitrogens with zero attached hydrogens (tertiary/aromatic N) is 5. The highest BCUT2D eigenvalue weighted by Gasteiger charge is 2.20. The topological polar surface area (TPSA) is 114 Å². The number of ether oxygens (including phenoxy) is 2. The highest BCUT2D eigenvalue weighted by Crippen LogP contribution is 2.39. The van der Waals surface area contributed by atoms with Crippen molar-refractivity contribution in [3.8, 4) is 56.9 Å². The van der Waals surface area contributed by atoms with E-state index in [1.54, 1.807) is 6.20 Å². The maximum absolute atomic E-state index is 5.55. The molecule has 9 heteroatoms. The molecule has 4 heterocycles. The van der Waals surface area contributed by atoms with Gasteiger partial charge < -0.3 is 14.5 Å². The number of H-pyrrole nitrogens is 2. The molecule has 0 unspecified atom stereocenters. The monoisotopic (exact) mass is 409 g/mol. The van der Waals surface area contributed by atoms with Crippen molar-refractivity contribution < 1.29 is 9.47 Å². The summed E-state index contributed by atoms with van der Waals surface area (Å²) >= 11 is 0. The number of aromatic amines is 2. The van der Waals surface area contributed by atoms with Crippen molar-refractivity contribution in [1.82, 2.24) is 35.6 Å². The van der Waals surface area contributed by atoms with Gasteiger partial charge in [0.25, 0.3) is 0 Å². The molecule has 0 amide bonds. The van der Waals surface area contributed by atoms with E-state index >= 15 is 0 Å². The summed E-state index contributed by atoms with van der Waals surface area (Å²) < 4.78 is 11.0. The summed E-state index contributed by atoms with van der Waals surface area (Å²) in [4.78, 5) is 12.9. The third-order valence-corrected chi connectivity index (χ3v) is 5.03. The van der Waals surface area contributed by atoms with Crippen LogP contribution in [0.5, 0.6) is 11.5 Å². The lowest BCUT2D eigenvalue weighted by atomic mass is 10.1. The molecule has 0 saturated heterocycles. The zero-order valence-corrected chi connectivity index (χ0v) is 16.1. The van der Waals surface area contributed by atoms with Crippen LogP contribution >= 0.6 is 0 Å². The zero-order valence-electron chi connectivity index (χ0n) is 16.1. The van der Waals surface area contributed by atoms with Gasteiger partial charge in [-0.05, 0) is 35.5 Å². The number of hydrogen-bond donors (Lipinski definition) is 2. The molecule has 1 aliphatic heterocycles. The first kappa shape index (κ1) is 17.3. The Kier molecular flexibility index (Phi) is 3.95. The molecule has 2 aromatic carbocycles. The first-order chi connectivity index (χ1) is 15.3. The van der Waals surface area contributed by atoms with E-state index in [1.807, 2.05) is 60.7 Å². The van der Waals surface area contributed by atoms with Crippen molar-refractivity contribution in [2.24, 2.45) is 0 Å². The van der Waals surface area contributed by atoms with Crippen molar-refractivity contribution in [2.75, 3.05) is 6.79 Å². The quantitative estimate of drug-likeness (QED) is 0.465. The van der Waals surface area contributed by atoms with E-state index < -0.39 is 0 Å². The third-order valence-electron chi connectivity index (χ3n) is 5.03. The lowest BCUT2D eigenvalue weighted by Crippen LogP contribution is -1.92. The fourth-order valence-electron chi connectivity index (χ4n) is 3.52. The summed E-state index contributed by atoms with van der Waals surface area (Å²) in [5, 5.41) is 14.1. The summed E-state index contributed by atoms with van der Waals surface area (Å²) in [6, 6.07) is 19.4. The number of pyridine rings is 1. The molecular weight excluding hydrogens is 394 g/mol. The van der Waals surface area contributed by atoms with Gasteiger partial charge in [0.1, 0.15) is 5.82 Å². The standard InChI is InChI=1S/C22H15N7O2/c1-2-10-23-16(3-1)20-19(15-8-9-17-18(11-15)31-12-30-17)24-21(25-20)13-4-6-14(7-5-13)22-26-28-29-27-22/h1-11H,12H2,(H,24,25)(H,26,27,28,29). The molecule has 31 heavy (non-hydrogen) atoms. The average molecular weight is 409 g/mol. The Labute approximate surface area is 176 Å². The molecule has 6 rings (SSSR count). The molecule has 150 valence electrons. The molecule has 3 aromatic heterocycles. The lowest BCUT2D eigenvalue weighted by molar-refractivity contribution is 0.174. The fourth-order valence-corrected chi connectivity index (χ4v) is 3.52. The van der Waals surface area contributed by atoms with Crippen LogP contribution in [0.15, 0.2) is 66.9 Å². The van der Waals surface area contributed by atoms with Crippen LogP contribution < -0.4 is 9.47 Å². The second-order valence-electron chi connectivity index (χ2n) is 6.90. The van der Waals surface area contributed by atoms with Gasteiger partial charge >= 0.3 is 0 Å². The number of aromatic nitrogens is 7. The number of fused-ring (bicyclic) bond motifs is 1. The van der Waals surface area contributed by atoms with Crippen molar-refractivity contribution in [2.45, 2.75) is 0 Å². The number of tetrazole rings is 1. The largest absolute Gasteiger partial charge is 0.454 e. The Morgan fingerprint density at radius 2 is 1.68 bits per heavy atom. The van der Waals surface area contributed by atoms with E-state index in [1.165, 1.54) is 0 Å². The van der Waals surface area contributed by atoms with Crippen molar-refractivity contribution >= 4 is 0 Å². The molecule has 0 spiro atoms. The summed E-state index contributed by atoms with van der Waals surface area (Å²) in [7, 11) is 0. The normalized spacial score (nSPS) is 12.3. The SMILES string of the molecule is c1ccc(-c2[nH]c(-c3ccc(-c4nn[nH]n4)cc3)nc2-c2ccc3c(c2)OCO3)nc1. The van der Waals surface area contributed by atoms with Crippen LogP contribution in [0, 0.1) is 0 Å². The van der Waals surface area contributed by atoms with Crippen LogP contribution in [0.3, 0.4) is 0 Å². The van der Waals surface area contributed by atoms with E-state index in [0.717, 1.165) is 45.3 Å². The molecule has 0 saturated carbocycles. The fraction of sp³-hybridized carbons (Fsp3) is 0.0455. The van der Waals surface area contributed by atoms with Crippen LogP contribution in [-0.2, 0) is 0 Å². The summed E-state index contributed by atoms with van der Waals surface area (Å²) in [5.41, 5.74) is 5.13. The molecule has 0 atom stereocenters. The van der Waals surface area contributed by atoms with Crippen LogP contribution in [0.4, 0.5) is 0 Å². The van der Waals surface area contributed by atoms with Gasteiger partial charge in [0.15, 0.2) is 11.5 Å². The van der Waals surface area contributed by atoms with Crippen LogP contribution in [-0.4, -0.2) is 42.4 Å². The minimum absolute atomic E-state index is 0.227. The first-order valence-corrected chi connectivity index (χ1v) is 9.61. The number of hydrogen-bond acceptors (Lipinski definition) is 7. The van der Waals surface area contributed by atoms with Crippen molar-refractivity contribution in [1.29, 1.82) is 0 Å². The number of imidazole rings is 1. The number of benzene rings is 2. The highest BCUT2D eigenvalue weighted by molar-refractivity contribution is 5.81. The molecule has 5 aromatic rings. The minimum atomic E-state index is 0.227. The van der Waals surface area contributed by atoms with E-state index in [-0.39, 0.29) is 6.79 Å². The molecule has 1 aliphatic rings. The molecular formula is C22H15N7O2. The zero-order chi connectivity index (χ0) is 20.6.